The van der Waals surface area contributed by atoms with Gasteiger partial charge in [0.2, 0.25) is 0 Å². The molecule has 132 valence electrons. The van der Waals surface area contributed by atoms with E-state index in [4.69, 9.17) is 0 Å². The Labute approximate surface area is 150 Å². The lowest BCUT2D eigenvalue weighted by molar-refractivity contribution is -0.140. The maximum Gasteiger partial charge on any atom is 0.305 e. The summed E-state index contributed by atoms with van der Waals surface area (Å²) in [4.78, 5) is 49.2. The van der Waals surface area contributed by atoms with Gasteiger partial charge < -0.3 is 4.74 Å². The number of aryl methyl sites for hydroxylation is 1. The number of methoxy groups -OCH3 is 1. The molecule has 0 radical (unpaired) electrons. The number of benzene rings is 2. The van der Waals surface area contributed by atoms with Crippen LogP contribution in [0, 0.1) is 0 Å². The number of esters is 1. The van der Waals surface area contributed by atoms with E-state index in [2.05, 4.69) is 4.74 Å². The van der Waals surface area contributed by atoms with Gasteiger partial charge in [0.15, 0.2) is 5.78 Å². The highest BCUT2D eigenvalue weighted by molar-refractivity contribution is 6.23. The Morgan fingerprint density at radius 2 is 1.50 bits per heavy atom. The predicted octanol–water partition coefficient (Wildman–Crippen LogP) is 2.27. The van der Waals surface area contributed by atoms with Crippen LogP contribution in [-0.4, -0.2) is 42.1 Å². The van der Waals surface area contributed by atoms with Crippen molar-refractivity contribution in [3.63, 3.8) is 0 Å². The number of ether oxygens (including phenoxy) is 1. The highest BCUT2D eigenvalue weighted by atomic mass is 16.5. The summed E-state index contributed by atoms with van der Waals surface area (Å²) >= 11 is 0. The average molecular weight is 351 g/mol. The van der Waals surface area contributed by atoms with Crippen LogP contribution in [-0.2, 0) is 16.0 Å². The molecule has 0 spiro atoms. The Hall–Kier alpha value is -3.28. The Kier molecular flexibility index (Phi) is 4.93. The third kappa shape index (κ3) is 3.39. The quantitative estimate of drug-likeness (QED) is 0.453. The summed E-state index contributed by atoms with van der Waals surface area (Å²) in [6, 6.07) is 13.3. The van der Waals surface area contributed by atoms with E-state index in [-0.39, 0.29) is 24.7 Å². The van der Waals surface area contributed by atoms with Crippen LogP contribution in [0.2, 0.25) is 0 Å². The van der Waals surface area contributed by atoms with Gasteiger partial charge in [-0.15, -0.1) is 0 Å². The van der Waals surface area contributed by atoms with Crippen molar-refractivity contribution in [2.24, 2.45) is 0 Å². The molecule has 2 aromatic carbocycles. The van der Waals surface area contributed by atoms with Crippen LogP contribution in [0.15, 0.2) is 48.5 Å². The van der Waals surface area contributed by atoms with Crippen LogP contribution in [0.1, 0.15) is 43.1 Å². The molecule has 6 heteroatoms. The second kappa shape index (κ2) is 7.31. The monoisotopic (exact) mass is 351 g/mol. The van der Waals surface area contributed by atoms with E-state index < -0.39 is 11.8 Å². The third-order valence-electron chi connectivity index (χ3n) is 4.30. The molecule has 6 nitrogen and oxygen atoms in total. The van der Waals surface area contributed by atoms with Crippen molar-refractivity contribution in [3.05, 3.63) is 70.8 Å². The number of amides is 2. The molecule has 0 unspecified atom stereocenters. The van der Waals surface area contributed by atoms with E-state index >= 15 is 0 Å². The molecule has 26 heavy (non-hydrogen) atoms. The van der Waals surface area contributed by atoms with Crippen molar-refractivity contribution >= 4 is 23.6 Å². The summed E-state index contributed by atoms with van der Waals surface area (Å²) in [6.07, 6.45) is 0.776. The van der Waals surface area contributed by atoms with Crippen LogP contribution in [0.5, 0.6) is 0 Å². The molecule has 2 amide bonds. The molecule has 0 bridgehead atoms. The zero-order valence-electron chi connectivity index (χ0n) is 14.2. The van der Waals surface area contributed by atoms with Crippen molar-refractivity contribution in [2.75, 3.05) is 13.7 Å². The lowest BCUT2D eigenvalue weighted by Crippen LogP contribution is -2.34. The molecule has 1 heterocycles. The number of imide groups is 1. The minimum atomic E-state index is -0.450. The largest absolute Gasteiger partial charge is 0.469 e. The molecular weight excluding hydrogens is 334 g/mol. The van der Waals surface area contributed by atoms with Gasteiger partial charge in [-0.3, -0.25) is 24.1 Å². The zero-order chi connectivity index (χ0) is 18.7. The predicted molar refractivity (Wildman–Crippen MR) is 92.9 cm³/mol. The van der Waals surface area contributed by atoms with Crippen LogP contribution in [0.4, 0.5) is 0 Å². The summed E-state index contributed by atoms with van der Waals surface area (Å²) in [7, 11) is 1.34. The van der Waals surface area contributed by atoms with Gasteiger partial charge in [-0.1, -0.05) is 36.4 Å². The van der Waals surface area contributed by atoms with Gasteiger partial charge >= 0.3 is 5.97 Å². The van der Waals surface area contributed by atoms with E-state index in [0.29, 0.717) is 23.1 Å². The van der Waals surface area contributed by atoms with Crippen LogP contribution in [0.25, 0.3) is 0 Å². The summed E-state index contributed by atoms with van der Waals surface area (Å²) in [5, 5.41) is 0. The molecule has 0 aromatic heterocycles. The number of nitrogens with zero attached hydrogens (tertiary/aromatic N) is 1. The van der Waals surface area contributed by atoms with Gasteiger partial charge in [-0.25, -0.2) is 0 Å². The minimum absolute atomic E-state index is 0.263. The van der Waals surface area contributed by atoms with E-state index in [1.807, 2.05) is 0 Å². The van der Waals surface area contributed by atoms with E-state index in [1.54, 1.807) is 48.5 Å². The summed E-state index contributed by atoms with van der Waals surface area (Å²) in [5.41, 5.74) is 1.95. The summed E-state index contributed by atoms with van der Waals surface area (Å²) in [6.45, 7) is -0.298. The molecule has 0 N–H and O–H groups in total. The van der Waals surface area contributed by atoms with E-state index in [9.17, 15) is 19.2 Å². The highest BCUT2D eigenvalue weighted by Crippen LogP contribution is 2.22. The first-order valence-corrected chi connectivity index (χ1v) is 8.15. The fraction of sp³-hybridized carbons (Fsp3) is 0.200. The second-order valence-corrected chi connectivity index (χ2v) is 5.94. The van der Waals surface area contributed by atoms with Crippen LogP contribution in [0.3, 0.4) is 0 Å². The van der Waals surface area contributed by atoms with Crippen LogP contribution < -0.4 is 0 Å². The molecular formula is C20H17NO5. The SMILES string of the molecule is COC(=O)CCc1ccc(C(=O)CN2C(=O)c3ccccc3C2=O)cc1. The Morgan fingerprint density at radius 1 is 0.923 bits per heavy atom. The second-order valence-electron chi connectivity index (χ2n) is 5.94. The number of ketones is 1. The van der Waals surface area contributed by atoms with Gasteiger partial charge in [-0.05, 0) is 24.1 Å². The molecule has 0 atom stereocenters. The average Bonchev–Trinajstić information content (AvgIpc) is 2.91. The maximum absolute atomic E-state index is 12.4. The normalized spacial score (nSPS) is 12.9. The first-order valence-electron chi connectivity index (χ1n) is 8.15. The maximum atomic E-state index is 12.4. The Balaban J connectivity index is 1.66. The first-order chi connectivity index (χ1) is 12.5. The number of fused-ring (bicyclic) bond motifs is 1. The molecule has 3 rings (SSSR count). The van der Waals surface area contributed by atoms with E-state index in [0.717, 1.165) is 10.5 Å². The van der Waals surface area contributed by atoms with Gasteiger partial charge in [-0.2, -0.15) is 0 Å². The minimum Gasteiger partial charge on any atom is -0.469 e. The topological polar surface area (TPSA) is 80.8 Å². The van der Waals surface area contributed by atoms with Crippen molar-refractivity contribution in [1.82, 2.24) is 4.90 Å². The Bertz CT molecular complexity index is 850. The number of rotatable bonds is 6. The standard InChI is InChI=1S/C20H17NO5/c1-26-18(23)11-8-13-6-9-14(10-7-13)17(22)12-21-19(24)15-4-2-3-5-16(15)20(21)25/h2-7,9-10H,8,11-12H2,1H3. The summed E-state index contributed by atoms with van der Waals surface area (Å²) < 4.78 is 4.59. The lowest BCUT2D eigenvalue weighted by atomic mass is 10.0. The zero-order valence-corrected chi connectivity index (χ0v) is 14.2. The molecule has 0 fully saturated rings. The lowest BCUT2D eigenvalue weighted by Gasteiger charge is -2.13. The molecule has 1 aliphatic heterocycles. The fourth-order valence-corrected chi connectivity index (χ4v) is 2.82. The molecule has 0 aliphatic carbocycles. The fourth-order valence-electron chi connectivity index (χ4n) is 2.82. The number of hydrogen-bond donors (Lipinski definition) is 0. The van der Waals surface area contributed by atoms with Crippen molar-refractivity contribution < 1.29 is 23.9 Å². The number of Topliss-reactive ketones (excluding diaryl/α,β-unsaturated/α-hetero) is 1. The van der Waals surface area contributed by atoms with Gasteiger partial charge in [0.1, 0.15) is 0 Å². The molecule has 1 aliphatic rings. The van der Waals surface area contributed by atoms with Gasteiger partial charge in [0, 0.05) is 12.0 Å². The smallest absolute Gasteiger partial charge is 0.305 e. The van der Waals surface area contributed by atoms with E-state index in [1.165, 1.54) is 7.11 Å². The van der Waals surface area contributed by atoms with Crippen molar-refractivity contribution in [1.29, 1.82) is 0 Å². The van der Waals surface area contributed by atoms with Crippen LogP contribution >= 0.6 is 0 Å². The number of carbonyl (C=O) groups excluding carboxylic acids is 4. The van der Waals surface area contributed by atoms with Gasteiger partial charge in [0.05, 0.1) is 24.8 Å². The first kappa shape index (κ1) is 17.5. The van der Waals surface area contributed by atoms with Crippen molar-refractivity contribution in [3.8, 4) is 0 Å². The highest BCUT2D eigenvalue weighted by Gasteiger charge is 2.36. The Morgan fingerprint density at radius 3 is 2.04 bits per heavy atom. The molecule has 0 saturated carbocycles. The molecule has 0 saturated heterocycles. The number of carbonyl (C=O) groups is 4. The third-order valence-corrected chi connectivity index (χ3v) is 4.30. The van der Waals surface area contributed by atoms with Crippen molar-refractivity contribution in [2.45, 2.75) is 12.8 Å². The molecule has 2 aromatic rings. The van der Waals surface area contributed by atoms with Gasteiger partial charge in [0.25, 0.3) is 11.8 Å². The summed E-state index contributed by atoms with van der Waals surface area (Å²) in [5.74, 6) is -1.52. The number of hydrogen-bond acceptors (Lipinski definition) is 5.